The molecule has 10 heavy (non-hydrogen) atoms. The molecule has 0 atom stereocenters. The summed E-state index contributed by atoms with van der Waals surface area (Å²) in [5.41, 5.74) is 1.17. The van der Waals surface area contributed by atoms with Crippen LogP contribution in [0.4, 0.5) is 0 Å². The maximum atomic E-state index is 8.06. The Morgan fingerprint density at radius 2 is 1.70 bits per heavy atom. The highest BCUT2D eigenvalue weighted by molar-refractivity contribution is 4.78. The molecule has 0 radical (unpaired) electrons. The van der Waals surface area contributed by atoms with Gasteiger partial charge in [0.25, 0.3) is 0 Å². The molecule has 0 aromatic rings. The third kappa shape index (κ3) is 55.2. The van der Waals surface area contributed by atoms with Crippen LogP contribution in [0.2, 0.25) is 0 Å². The van der Waals surface area contributed by atoms with E-state index < -0.39 is 0 Å². The number of aliphatic hydroxyl groups excluding tert-OH is 1. The van der Waals surface area contributed by atoms with Crippen molar-refractivity contribution in [1.29, 1.82) is 0 Å². The van der Waals surface area contributed by atoms with Crippen LogP contribution in [0.25, 0.3) is 0 Å². The summed E-state index contributed by atoms with van der Waals surface area (Å²) in [4.78, 5) is 0. The zero-order valence-electron chi connectivity index (χ0n) is 7.39. The Morgan fingerprint density at radius 1 is 1.40 bits per heavy atom. The van der Waals surface area contributed by atoms with E-state index in [9.17, 15) is 0 Å². The first-order valence-corrected chi connectivity index (χ1v) is 3.43. The van der Waals surface area contributed by atoms with Crippen LogP contribution >= 0.6 is 0 Å². The second-order valence-electron chi connectivity index (χ2n) is 2.79. The van der Waals surface area contributed by atoms with E-state index in [0.717, 1.165) is 6.26 Å². The van der Waals surface area contributed by atoms with Crippen LogP contribution in [0.15, 0.2) is 24.5 Å². The largest absolute Gasteiger partial charge is 0.516 e. The monoisotopic (exact) mass is 142 g/mol. The fourth-order valence-corrected chi connectivity index (χ4v) is 0.172. The lowest BCUT2D eigenvalue weighted by Gasteiger charge is -1.86. The van der Waals surface area contributed by atoms with Crippen molar-refractivity contribution in [2.45, 2.75) is 27.7 Å². The van der Waals surface area contributed by atoms with Crippen LogP contribution in [0, 0.1) is 5.92 Å². The van der Waals surface area contributed by atoms with Gasteiger partial charge in [0.2, 0.25) is 0 Å². The predicted molar refractivity (Wildman–Crippen MR) is 47.1 cm³/mol. The van der Waals surface area contributed by atoms with Crippen LogP contribution in [-0.2, 0) is 0 Å². The van der Waals surface area contributed by atoms with Crippen LogP contribution in [0.3, 0.4) is 0 Å². The molecule has 0 saturated carbocycles. The molecule has 0 amide bonds. The van der Waals surface area contributed by atoms with E-state index in [-0.39, 0.29) is 0 Å². The molecule has 0 heterocycles. The topological polar surface area (TPSA) is 20.2 Å². The third-order valence-corrected chi connectivity index (χ3v) is 0.471. The quantitative estimate of drug-likeness (QED) is 0.440. The Bertz CT molecular complexity index is 97.3. The molecule has 1 nitrogen and oxygen atoms in total. The molecular weight excluding hydrogens is 124 g/mol. The van der Waals surface area contributed by atoms with E-state index in [0.29, 0.717) is 5.92 Å². The van der Waals surface area contributed by atoms with Crippen molar-refractivity contribution in [2.75, 3.05) is 0 Å². The summed E-state index contributed by atoms with van der Waals surface area (Å²) in [6.45, 7) is 11.5. The molecule has 0 aliphatic carbocycles. The highest BCUT2D eigenvalue weighted by Crippen LogP contribution is 1.89. The molecule has 0 saturated heterocycles. The molecule has 0 bridgehead atoms. The molecule has 0 aliphatic rings. The molecule has 0 aromatic heterocycles. The summed E-state index contributed by atoms with van der Waals surface area (Å²) in [6.07, 6.45) is 2.80. The number of rotatable bonds is 1. The Morgan fingerprint density at radius 3 is 1.70 bits per heavy atom. The van der Waals surface area contributed by atoms with Gasteiger partial charge < -0.3 is 5.11 Å². The lowest BCUT2D eigenvalue weighted by atomic mass is 10.2. The van der Waals surface area contributed by atoms with Gasteiger partial charge in [-0.05, 0) is 25.8 Å². The summed E-state index contributed by atoms with van der Waals surface area (Å²) in [5.74, 6) is 0.468. The van der Waals surface area contributed by atoms with Crippen molar-refractivity contribution in [3.05, 3.63) is 24.5 Å². The summed E-state index contributed by atoms with van der Waals surface area (Å²) in [6, 6.07) is 0. The third-order valence-electron chi connectivity index (χ3n) is 0.471. The predicted octanol–water partition coefficient (Wildman–Crippen LogP) is 3.30. The first-order chi connectivity index (χ1) is 4.50. The van der Waals surface area contributed by atoms with E-state index >= 15 is 0 Å². The molecule has 60 valence electrons. The molecule has 0 rings (SSSR count). The van der Waals surface area contributed by atoms with Crippen molar-refractivity contribution in [2.24, 2.45) is 5.92 Å². The summed E-state index contributed by atoms with van der Waals surface area (Å²) in [7, 11) is 0. The lowest BCUT2D eigenvalue weighted by Crippen LogP contribution is -1.74. The fraction of sp³-hybridized carbons (Fsp3) is 0.556. The zero-order valence-corrected chi connectivity index (χ0v) is 7.39. The average Bonchev–Trinajstić information content (AvgIpc) is 1.62. The van der Waals surface area contributed by atoms with Crippen LogP contribution < -0.4 is 0 Å². The van der Waals surface area contributed by atoms with Crippen molar-refractivity contribution in [3.63, 3.8) is 0 Å². The smallest absolute Gasteiger partial charge is 0.0754 e. The first-order valence-electron chi connectivity index (χ1n) is 3.43. The molecular formula is C9H18O. The van der Waals surface area contributed by atoms with Gasteiger partial charge in [-0.1, -0.05) is 19.4 Å². The molecule has 0 aliphatic heterocycles. The average molecular weight is 142 g/mol. The van der Waals surface area contributed by atoms with E-state index in [1.54, 1.807) is 6.08 Å². The van der Waals surface area contributed by atoms with Crippen molar-refractivity contribution < 1.29 is 5.11 Å². The standard InChI is InChI=1S/C5H10O.C4H8/c1-5(2)3-4-6;1-4(2)3/h3-6H,1-2H3;1H2,2-3H3/b4-3+;. The molecule has 1 N–H and O–H groups in total. The van der Waals surface area contributed by atoms with Gasteiger partial charge in [0.05, 0.1) is 6.26 Å². The summed E-state index contributed by atoms with van der Waals surface area (Å²) in [5, 5.41) is 8.06. The Balaban J connectivity index is 0. The SMILES string of the molecule is C=C(C)C.CC(C)/C=C/O. The molecule has 0 spiro atoms. The van der Waals surface area contributed by atoms with Crippen LogP contribution in [0.1, 0.15) is 27.7 Å². The van der Waals surface area contributed by atoms with Gasteiger partial charge in [-0.3, -0.25) is 0 Å². The fourth-order valence-electron chi connectivity index (χ4n) is 0.172. The van der Waals surface area contributed by atoms with E-state index in [4.69, 9.17) is 5.11 Å². The van der Waals surface area contributed by atoms with Crippen LogP contribution in [0.5, 0.6) is 0 Å². The van der Waals surface area contributed by atoms with Gasteiger partial charge in [0, 0.05) is 0 Å². The van der Waals surface area contributed by atoms with Gasteiger partial charge in [-0.2, -0.15) is 0 Å². The number of hydrogen-bond donors (Lipinski definition) is 1. The molecule has 0 unspecified atom stereocenters. The van der Waals surface area contributed by atoms with Gasteiger partial charge in [0.15, 0.2) is 0 Å². The van der Waals surface area contributed by atoms with E-state index in [1.807, 2.05) is 27.7 Å². The minimum absolute atomic E-state index is 0.468. The van der Waals surface area contributed by atoms with E-state index in [1.165, 1.54) is 5.57 Å². The van der Waals surface area contributed by atoms with Gasteiger partial charge in [-0.15, -0.1) is 6.58 Å². The van der Waals surface area contributed by atoms with Gasteiger partial charge >= 0.3 is 0 Å². The van der Waals surface area contributed by atoms with Crippen molar-refractivity contribution >= 4 is 0 Å². The summed E-state index contributed by atoms with van der Waals surface area (Å²) >= 11 is 0. The second kappa shape index (κ2) is 8.28. The van der Waals surface area contributed by atoms with Gasteiger partial charge in [0.1, 0.15) is 0 Å². The number of aliphatic hydroxyl groups is 1. The first kappa shape index (κ1) is 12.0. The lowest BCUT2D eigenvalue weighted by molar-refractivity contribution is 0.467. The Labute approximate surface area is 64.1 Å². The minimum atomic E-state index is 0.468. The number of allylic oxidation sites excluding steroid dienone is 2. The van der Waals surface area contributed by atoms with Crippen molar-refractivity contribution in [1.82, 2.24) is 0 Å². The van der Waals surface area contributed by atoms with Gasteiger partial charge in [-0.25, -0.2) is 0 Å². The Kier molecular flexibility index (Phi) is 9.94. The second-order valence-corrected chi connectivity index (χ2v) is 2.79. The van der Waals surface area contributed by atoms with Crippen molar-refractivity contribution in [3.8, 4) is 0 Å². The van der Waals surface area contributed by atoms with Crippen LogP contribution in [-0.4, -0.2) is 5.11 Å². The Hall–Kier alpha value is -0.720. The highest BCUT2D eigenvalue weighted by atomic mass is 16.2. The zero-order chi connectivity index (χ0) is 8.57. The maximum absolute atomic E-state index is 8.06. The summed E-state index contributed by atoms with van der Waals surface area (Å²) < 4.78 is 0. The maximum Gasteiger partial charge on any atom is 0.0754 e. The highest BCUT2D eigenvalue weighted by Gasteiger charge is 1.77. The molecule has 0 aromatic carbocycles. The molecule has 0 fully saturated rings. The number of hydrogen-bond acceptors (Lipinski definition) is 1. The normalized spacial score (nSPS) is 9.30. The minimum Gasteiger partial charge on any atom is -0.516 e. The molecule has 1 heteroatoms. The van der Waals surface area contributed by atoms with E-state index in [2.05, 4.69) is 6.58 Å².